The van der Waals surface area contributed by atoms with Crippen molar-refractivity contribution in [2.45, 2.75) is 18.8 Å². The van der Waals surface area contributed by atoms with Crippen molar-refractivity contribution in [3.63, 3.8) is 0 Å². The lowest BCUT2D eigenvalue weighted by Gasteiger charge is -2.10. The van der Waals surface area contributed by atoms with Gasteiger partial charge in [0, 0.05) is 19.3 Å². The van der Waals surface area contributed by atoms with Crippen LogP contribution >= 0.6 is 0 Å². The van der Waals surface area contributed by atoms with E-state index in [1.54, 1.807) is 11.9 Å². The van der Waals surface area contributed by atoms with E-state index in [2.05, 4.69) is 0 Å². The predicted octanol–water partition coefficient (Wildman–Crippen LogP) is 1.52. The summed E-state index contributed by atoms with van der Waals surface area (Å²) < 4.78 is 0. The average Bonchev–Trinajstić information content (AvgIpc) is 2.51. The molecule has 1 N–H and O–H groups in total. The number of nitrogens with zero attached hydrogens (tertiary/aromatic N) is 1. The lowest BCUT2D eigenvalue weighted by atomic mass is 9.96. The predicted molar refractivity (Wildman–Crippen MR) is 58.9 cm³/mol. The van der Waals surface area contributed by atoms with Gasteiger partial charge in [-0.15, -0.1) is 0 Å². The number of amides is 1. The van der Waals surface area contributed by atoms with Crippen LogP contribution in [0.2, 0.25) is 0 Å². The van der Waals surface area contributed by atoms with Crippen molar-refractivity contribution in [2.75, 3.05) is 18.6 Å². The van der Waals surface area contributed by atoms with Gasteiger partial charge in [-0.3, -0.25) is 4.79 Å². The zero-order valence-corrected chi connectivity index (χ0v) is 8.81. The number of likely N-dealkylation sites (N-methyl/N-ethyl adjacent to an activating group) is 1. The molecule has 0 aromatic heterocycles. The molecule has 1 heterocycles. The molecule has 80 valence electrons. The van der Waals surface area contributed by atoms with Gasteiger partial charge in [-0.2, -0.15) is 0 Å². The Kier molecular flexibility index (Phi) is 2.73. The molecule has 0 aliphatic carbocycles. The fourth-order valence-corrected chi connectivity index (χ4v) is 2.15. The number of aliphatic hydroxyl groups excluding tert-OH is 1. The van der Waals surface area contributed by atoms with Gasteiger partial charge in [0.15, 0.2) is 0 Å². The maximum Gasteiger partial charge on any atom is 0.234 e. The minimum absolute atomic E-state index is 0.0571. The van der Waals surface area contributed by atoms with Gasteiger partial charge in [0.25, 0.3) is 0 Å². The van der Waals surface area contributed by atoms with Crippen molar-refractivity contribution in [2.24, 2.45) is 0 Å². The van der Waals surface area contributed by atoms with Crippen LogP contribution in [0.15, 0.2) is 24.3 Å². The molecule has 2 rings (SSSR count). The second-order valence-electron chi connectivity index (χ2n) is 3.87. The lowest BCUT2D eigenvalue weighted by Crippen LogP contribution is -2.24. The normalized spacial score (nSPS) is 19.5. The number of hydrogen-bond donors (Lipinski definition) is 1. The number of rotatable bonds is 3. The number of hydrogen-bond acceptors (Lipinski definition) is 2. The van der Waals surface area contributed by atoms with Crippen LogP contribution in [0.4, 0.5) is 5.69 Å². The molecule has 0 bridgehead atoms. The van der Waals surface area contributed by atoms with Crippen LogP contribution in [-0.2, 0) is 4.79 Å². The number of aliphatic hydroxyl groups is 1. The van der Waals surface area contributed by atoms with Crippen LogP contribution in [0.25, 0.3) is 0 Å². The molecule has 1 unspecified atom stereocenters. The standard InChI is InChI=1S/C12H15NO2/c1-13-11-7-3-2-5-9(11)10(12(13)15)6-4-8-14/h2-3,5,7,10,14H,4,6,8H2,1H3. The Morgan fingerprint density at radius 1 is 1.40 bits per heavy atom. The van der Waals surface area contributed by atoms with Crippen LogP contribution in [-0.4, -0.2) is 24.7 Å². The zero-order valence-electron chi connectivity index (χ0n) is 8.81. The SMILES string of the molecule is CN1C(=O)C(CCCO)c2ccccc21. The smallest absolute Gasteiger partial charge is 0.234 e. The molecule has 3 heteroatoms. The van der Waals surface area contributed by atoms with E-state index in [1.165, 1.54) is 0 Å². The maximum atomic E-state index is 11.9. The van der Waals surface area contributed by atoms with Gasteiger partial charge in [0.05, 0.1) is 5.92 Å². The summed E-state index contributed by atoms with van der Waals surface area (Å²) in [6, 6.07) is 7.86. The maximum absolute atomic E-state index is 11.9. The molecule has 1 atom stereocenters. The summed E-state index contributed by atoms with van der Waals surface area (Å²) in [5.41, 5.74) is 2.10. The molecule has 1 amide bonds. The molecule has 0 fully saturated rings. The highest BCUT2D eigenvalue weighted by atomic mass is 16.3. The van der Waals surface area contributed by atoms with Crippen LogP contribution < -0.4 is 4.90 Å². The molecule has 0 saturated heterocycles. The van der Waals surface area contributed by atoms with Crippen molar-refractivity contribution < 1.29 is 9.90 Å². The largest absolute Gasteiger partial charge is 0.396 e. The molecule has 0 radical (unpaired) electrons. The summed E-state index contributed by atoms with van der Waals surface area (Å²) in [6.45, 7) is 0.148. The molecule has 15 heavy (non-hydrogen) atoms. The van der Waals surface area contributed by atoms with E-state index in [4.69, 9.17) is 5.11 Å². The highest BCUT2D eigenvalue weighted by Gasteiger charge is 2.33. The first-order chi connectivity index (χ1) is 7.25. The van der Waals surface area contributed by atoms with Gasteiger partial charge in [-0.05, 0) is 24.5 Å². The molecule has 0 saturated carbocycles. The van der Waals surface area contributed by atoms with Crippen molar-refractivity contribution in [3.8, 4) is 0 Å². The Balaban J connectivity index is 2.30. The molecule has 1 aliphatic rings. The van der Waals surface area contributed by atoms with E-state index < -0.39 is 0 Å². The van der Waals surface area contributed by atoms with Crippen LogP contribution in [0.5, 0.6) is 0 Å². The summed E-state index contributed by atoms with van der Waals surface area (Å²) in [4.78, 5) is 13.6. The van der Waals surface area contributed by atoms with Gasteiger partial charge in [-0.1, -0.05) is 18.2 Å². The van der Waals surface area contributed by atoms with Gasteiger partial charge >= 0.3 is 0 Å². The molecule has 1 aliphatic heterocycles. The van der Waals surface area contributed by atoms with E-state index in [9.17, 15) is 4.79 Å². The fraction of sp³-hybridized carbons (Fsp3) is 0.417. The highest BCUT2D eigenvalue weighted by Crippen LogP contribution is 2.38. The number of anilines is 1. The van der Waals surface area contributed by atoms with Crippen molar-refractivity contribution in [1.29, 1.82) is 0 Å². The third kappa shape index (κ3) is 1.63. The van der Waals surface area contributed by atoms with Gasteiger partial charge in [0.2, 0.25) is 5.91 Å². The first-order valence-electron chi connectivity index (χ1n) is 5.23. The average molecular weight is 205 g/mol. The number of benzene rings is 1. The van der Waals surface area contributed by atoms with E-state index in [1.807, 2.05) is 24.3 Å². The molecule has 1 aromatic carbocycles. The summed E-state index contributed by atoms with van der Waals surface area (Å²) in [6.07, 6.45) is 1.41. The van der Waals surface area contributed by atoms with Gasteiger partial charge in [-0.25, -0.2) is 0 Å². The Morgan fingerprint density at radius 2 is 2.13 bits per heavy atom. The minimum atomic E-state index is -0.0571. The zero-order chi connectivity index (χ0) is 10.8. The molecule has 0 spiro atoms. The summed E-state index contributed by atoms with van der Waals surface area (Å²) in [5.74, 6) is 0.0861. The Morgan fingerprint density at radius 3 is 2.87 bits per heavy atom. The number of carbonyl (C=O) groups is 1. The lowest BCUT2D eigenvalue weighted by molar-refractivity contribution is -0.119. The number of para-hydroxylation sites is 1. The van der Waals surface area contributed by atoms with E-state index in [0.29, 0.717) is 6.42 Å². The second-order valence-corrected chi connectivity index (χ2v) is 3.87. The molecular weight excluding hydrogens is 190 g/mol. The molecule has 1 aromatic rings. The van der Waals surface area contributed by atoms with Crippen LogP contribution in [0.3, 0.4) is 0 Å². The Labute approximate surface area is 89.3 Å². The summed E-state index contributed by atoms with van der Waals surface area (Å²) >= 11 is 0. The second kappa shape index (κ2) is 4.03. The number of fused-ring (bicyclic) bond motifs is 1. The summed E-state index contributed by atoms with van der Waals surface area (Å²) in [7, 11) is 1.81. The monoisotopic (exact) mass is 205 g/mol. The van der Waals surface area contributed by atoms with Crippen molar-refractivity contribution in [3.05, 3.63) is 29.8 Å². The van der Waals surface area contributed by atoms with Gasteiger partial charge in [0.1, 0.15) is 0 Å². The van der Waals surface area contributed by atoms with E-state index in [-0.39, 0.29) is 18.4 Å². The number of carbonyl (C=O) groups excluding carboxylic acids is 1. The van der Waals surface area contributed by atoms with E-state index in [0.717, 1.165) is 17.7 Å². The first-order valence-corrected chi connectivity index (χ1v) is 5.23. The first kappa shape index (κ1) is 10.2. The topological polar surface area (TPSA) is 40.5 Å². The molecule has 3 nitrogen and oxygen atoms in total. The van der Waals surface area contributed by atoms with E-state index >= 15 is 0 Å². The third-order valence-corrected chi connectivity index (χ3v) is 2.95. The summed E-state index contributed by atoms with van der Waals surface area (Å²) in [5, 5.41) is 8.80. The third-order valence-electron chi connectivity index (χ3n) is 2.95. The van der Waals surface area contributed by atoms with Crippen molar-refractivity contribution in [1.82, 2.24) is 0 Å². The Bertz CT molecular complexity index is 376. The Hall–Kier alpha value is -1.35. The highest BCUT2D eigenvalue weighted by molar-refractivity contribution is 6.04. The van der Waals surface area contributed by atoms with Crippen LogP contribution in [0.1, 0.15) is 24.3 Å². The minimum Gasteiger partial charge on any atom is -0.396 e. The molecular formula is C12H15NO2. The van der Waals surface area contributed by atoms with Crippen molar-refractivity contribution >= 4 is 11.6 Å². The van der Waals surface area contributed by atoms with Crippen LogP contribution in [0, 0.1) is 0 Å². The van der Waals surface area contributed by atoms with Gasteiger partial charge < -0.3 is 10.0 Å². The fourth-order valence-electron chi connectivity index (χ4n) is 2.15. The quantitative estimate of drug-likeness (QED) is 0.812.